The molecule has 0 unspecified atom stereocenters. The number of amides is 1. The van der Waals surface area contributed by atoms with Gasteiger partial charge in [0.15, 0.2) is 11.5 Å². The fraction of sp³-hybridized carbons (Fsp3) is 0.417. The fourth-order valence-electron chi connectivity index (χ4n) is 2.08. The predicted molar refractivity (Wildman–Crippen MR) is 63.8 cm³/mol. The van der Waals surface area contributed by atoms with Crippen LogP contribution >= 0.6 is 0 Å². The summed E-state index contributed by atoms with van der Waals surface area (Å²) in [5.41, 5.74) is 0.777. The number of fused-ring (bicyclic) bond motifs is 1. The normalized spacial score (nSPS) is 19.2. The lowest BCUT2D eigenvalue weighted by Crippen LogP contribution is -2.34. The molecule has 1 amide bonds. The number of nitrogens with zero attached hydrogens (tertiary/aromatic N) is 3. The minimum atomic E-state index is -0.302. The number of hydrogen-bond acceptors (Lipinski definition) is 4. The topological polar surface area (TPSA) is 68.5 Å². The molecule has 1 saturated heterocycles. The molecule has 1 N–H and O–H groups in total. The van der Waals surface area contributed by atoms with E-state index in [1.54, 1.807) is 0 Å². The maximum atomic E-state index is 11.8. The van der Waals surface area contributed by atoms with Crippen molar-refractivity contribution in [3.8, 4) is 0 Å². The summed E-state index contributed by atoms with van der Waals surface area (Å²) >= 11 is 0. The van der Waals surface area contributed by atoms with Crippen LogP contribution in [0, 0.1) is 0 Å². The number of pyridine rings is 1. The highest BCUT2D eigenvalue weighted by Crippen LogP contribution is 2.12. The Morgan fingerprint density at radius 3 is 3.28 bits per heavy atom. The molecule has 0 aromatic carbocycles. The lowest BCUT2D eigenvalue weighted by molar-refractivity contribution is -0.130. The zero-order valence-corrected chi connectivity index (χ0v) is 9.87. The van der Waals surface area contributed by atoms with Crippen LogP contribution in [0.3, 0.4) is 0 Å². The summed E-state index contributed by atoms with van der Waals surface area (Å²) in [5.74, 6) is 0.650. The van der Waals surface area contributed by atoms with Gasteiger partial charge in [-0.2, -0.15) is 0 Å². The molecule has 3 rings (SSSR count). The molecule has 2 aromatic heterocycles. The van der Waals surface area contributed by atoms with Gasteiger partial charge in [-0.1, -0.05) is 6.07 Å². The highest BCUT2D eigenvalue weighted by Gasteiger charge is 2.23. The average Bonchev–Trinajstić information content (AvgIpc) is 3.06. The molecular weight excluding hydrogens is 232 g/mol. The van der Waals surface area contributed by atoms with Crippen LogP contribution in [-0.4, -0.2) is 33.2 Å². The number of carbonyl (C=O) groups excluding carboxylic acids is 1. The third-order valence-electron chi connectivity index (χ3n) is 3.03. The van der Waals surface area contributed by atoms with Crippen LogP contribution in [0.1, 0.15) is 18.7 Å². The summed E-state index contributed by atoms with van der Waals surface area (Å²) in [6, 6.07) is 5.68. The van der Waals surface area contributed by atoms with E-state index in [0.29, 0.717) is 13.2 Å². The van der Waals surface area contributed by atoms with E-state index in [0.717, 1.165) is 24.3 Å². The summed E-state index contributed by atoms with van der Waals surface area (Å²) in [4.78, 5) is 11.8. The van der Waals surface area contributed by atoms with Crippen molar-refractivity contribution in [1.82, 2.24) is 19.9 Å². The van der Waals surface area contributed by atoms with Gasteiger partial charge in [0.05, 0.1) is 6.54 Å². The Kier molecular flexibility index (Phi) is 2.93. The van der Waals surface area contributed by atoms with Gasteiger partial charge in [-0.3, -0.25) is 9.20 Å². The van der Waals surface area contributed by atoms with Gasteiger partial charge in [0.2, 0.25) is 5.91 Å². The first-order valence-electron chi connectivity index (χ1n) is 6.02. The lowest BCUT2D eigenvalue weighted by atomic mass is 10.2. The Hall–Kier alpha value is -1.95. The highest BCUT2D eigenvalue weighted by molar-refractivity contribution is 5.80. The zero-order chi connectivity index (χ0) is 12.4. The largest absolute Gasteiger partial charge is 0.368 e. The molecule has 1 atom stereocenters. The van der Waals surface area contributed by atoms with Gasteiger partial charge in [-0.15, -0.1) is 10.2 Å². The molecule has 0 spiro atoms. The Bertz CT molecular complexity index is 560. The van der Waals surface area contributed by atoms with Gasteiger partial charge in [-0.05, 0) is 25.0 Å². The Morgan fingerprint density at radius 2 is 2.44 bits per heavy atom. The van der Waals surface area contributed by atoms with E-state index < -0.39 is 0 Å². The maximum absolute atomic E-state index is 11.8. The van der Waals surface area contributed by atoms with E-state index in [1.807, 2.05) is 28.8 Å². The second-order valence-corrected chi connectivity index (χ2v) is 4.26. The molecule has 0 radical (unpaired) electrons. The molecule has 0 bridgehead atoms. The second-order valence-electron chi connectivity index (χ2n) is 4.26. The number of ether oxygens (including phenoxy) is 1. The van der Waals surface area contributed by atoms with Crippen LogP contribution in [0.4, 0.5) is 0 Å². The maximum Gasteiger partial charge on any atom is 0.249 e. The smallest absolute Gasteiger partial charge is 0.249 e. The van der Waals surface area contributed by atoms with E-state index in [4.69, 9.17) is 4.74 Å². The SMILES string of the molecule is O=C(NCc1nnc2ccccn12)[C@H]1CCCO1. The zero-order valence-electron chi connectivity index (χ0n) is 9.87. The van der Waals surface area contributed by atoms with Crippen molar-refractivity contribution in [2.24, 2.45) is 0 Å². The number of hydrogen-bond donors (Lipinski definition) is 1. The van der Waals surface area contributed by atoms with Crippen LogP contribution in [0.5, 0.6) is 0 Å². The summed E-state index contributed by atoms with van der Waals surface area (Å²) in [6.07, 6.45) is 3.32. The van der Waals surface area contributed by atoms with Crippen molar-refractivity contribution in [3.05, 3.63) is 30.2 Å². The van der Waals surface area contributed by atoms with Gasteiger partial charge in [0.25, 0.3) is 0 Å². The number of aromatic nitrogens is 3. The molecule has 2 aromatic rings. The van der Waals surface area contributed by atoms with E-state index in [2.05, 4.69) is 15.5 Å². The molecule has 0 aliphatic carbocycles. The van der Waals surface area contributed by atoms with Crippen molar-refractivity contribution in [2.75, 3.05) is 6.61 Å². The van der Waals surface area contributed by atoms with E-state index in [-0.39, 0.29) is 12.0 Å². The van der Waals surface area contributed by atoms with E-state index >= 15 is 0 Å². The van der Waals surface area contributed by atoms with Gasteiger partial charge in [-0.25, -0.2) is 0 Å². The number of carbonyl (C=O) groups is 1. The standard InChI is InChI=1S/C12H14N4O2/c17-12(9-4-3-7-18-9)13-8-11-15-14-10-5-1-2-6-16(10)11/h1-2,5-6,9H,3-4,7-8H2,(H,13,17)/t9-/m1/s1. The van der Waals surface area contributed by atoms with E-state index in [1.165, 1.54) is 0 Å². The Morgan fingerprint density at radius 1 is 1.50 bits per heavy atom. The number of rotatable bonds is 3. The van der Waals surface area contributed by atoms with Crippen molar-refractivity contribution >= 4 is 11.6 Å². The van der Waals surface area contributed by atoms with Gasteiger partial charge < -0.3 is 10.1 Å². The summed E-state index contributed by atoms with van der Waals surface area (Å²) in [6.45, 7) is 1.04. The summed E-state index contributed by atoms with van der Waals surface area (Å²) in [5, 5.41) is 10.9. The Labute approximate surface area is 104 Å². The molecule has 0 saturated carbocycles. The van der Waals surface area contributed by atoms with Gasteiger partial charge in [0.1, 0.15) is 6.10 Å². The molecule has 1 aliphatic heterocycles. The quantitative estimate of drug-likeness (QED) is 0.857. The monoisotopic (exact) mass is 246 g/mol. The van der Waals surface area contributed by atoms with Crippen molar-refractivity contribution in [1.29, 1.82) is 0 Å². The van der Waals surface area contributed by atoms with Crippen molar-refractivity contribution in [3.63, 3.8) is 0 Å². The molecule has 6 nitrogen and oxygen atoms in total. The first-order chi connectivity index (χ1) is 8.84. The Balaban J connectivity index is 1.67. The molecule has 18 heavy (non-hydrogen) atoms. The molecule has 6 heteroatoms. The highest BCUT2D eigenvalue weighted by atomic mass is 16.5. The molecular formula is C12H14N4O2. The van der Waals surface area contributed by atoms with Crippen LogP contribution in [0.25, 0.3) is 5.65 Å². The van der Waals surface area contributed by atoms with Crippen LogP contribution in [-0.2, 0) is 16.1 Å². The fourth-order valence-corrected chi connectivity index (χ4v) is 2.08. The predicted octanol–water partition coefficient (Wildman–Crippen LogP) is 0.524. The van der Waals surface area contributed by atoms with Crippen LogP contribution in [0.2, 0.25) is 0 Å². The third kappa shape index (κ3) is 2.06. The summed E-state index contributed by atoms with van der Waals surface area (Å²) in [7, 11) is 0. The first-order valence-corrected chi connectivity index (χ1v) is 6.02. The molecule has 3 heterocycles. The van der Waals surface area contributed by atoms with Gasteiger partial charge in [0, 0.05) is 12.8 Å². The molecule has 94 valence electrons. The van der Waals surface area contributed by atoms with Gasteiger partial charge >= 0.3 is 0 Å². The number of nitrogens with one attached hydrogen (secondary N) is 1. The molecule has 1 aliphatic rings. The van der Waals surface area contributed by atoms with Crippen molar-refractivity contribution < 1.29 is 9.53 Å². The van der Waals surface area contributed by atoms with E-state index in [9.17, 15) is 4.79 Å². The minimum absolute atomic E-state index is 0.0693. The van der Waals surface area contributed by atoms with Crippen LogP contribution in [0.15, 0.2) is 24.4 Å². The summed E-state index contributed by atoms with van der Waals surface area (Å²) < 4.78 is 7.17. The molecule has 1 fully saturated rings. The second kappa shape index (κ2) is 4.73. The minimum Gasteiger partial charge on any atom is -0.368 e. The van der Waals surface area contributed by atoms with Crippen molar-refractivity contribution in [2.45, 2.75) is 25.5 Å². The average molecular weight is 246 g/mol. The third-order valence-corrected chi connectivity index (χ3v) is 3.03. The lowest BCUT2D eigenvalue weighted by Gasteiger charge is -2.09. The van der Waals surface area contributed by atoms with Crippen LogP contribution < -0.4 is 5.32 Å². The first kappa shape index (κ1) is 11.2.